The maximum absolute atomic E-state index is 13.8. The minimum Gasteiger partial charge on any atom is -0.493 e. The highest BCUT2D eigenvalue weighted by Crippen LogP contribution is 2.39. The van der Waals surface area contributed by atoms with Crippen molar-refractivity contribution in [2.45, 2.75) is 103 Å². The van der Waals surface area contributed by atoms with Gasteiger partial charge in [-0.1, -0.05) is 70.8 Å². The molecule has 2 aliphatic heterocycles. The molecule has 0 spiro atoms. The molecule has 0 aliphatic carbocycles. The van der Waals surface area contributed by atoms with Gasteiger partial charge in [0.15, 0.2) is 0 Å². The summed E-state index contributed by atoms with van der Waals surface area (Å²) in [6.07, 6.45) is 7.34. The van der Waals surface area contributed by atoms with E-state index in [1.54, 1.807) is 18.2 Å². The summed E-state index contributed by atoms with van der Waals surface area (Å²) in [5.74, 6) is -1.79. The second-order valence-corrected chi connectivity index (χ2v) is 11.9. The Morgan fingerprint density at radius 1 is 1.09 bits per heavy atom. The average molecular weight is 622 g/mol. The topological polar surface area (TPSA) is 109 Å². The highest BCUT2D eigenvalue weighted by molar-refractivity contribution is 5.84. The third-order valence-electron chi connectivity index (χ3n) is 8.38. The zero-order chi connectivity index (χ0) is 31.5. The van der Waals surface area contributed by atoms with E-state index in [0.29, 0.717) is 42.7 Å². The molecular formula is C32H46F3N5O4. The van der Waals surface area contributed by atoms with Crippen molar-refractivity contribution >= 4 is 17.8 Å². The Bertz CT molecular complexity index is 1210. The van der Waals surface area contributed by atoms with Crippen molar-refractivity contribution in [3.8, 4) is 5.75 Å². The monoisotopic (exact) mass is 621 g/mol. The highest BCUT2D eigenvalue weighted by atomic mass is 19.4. The molecule has 1 aromatic heterocycles. The van der Waals surface area contributed by atoms with Crippen LogP contribution >= 0.6 is 0 Å². The van der Waals surface area contributed by atoms with Gasteiger partial charge < -0.3 is 25.5 Å². The number of carboxylic acids is 1. The lowest BCUT2D eigenvalue weighted by atomic mass is 9.91. The van der Waals surface area contributed by atoms with Gasteiger partial charge in [-0.05, 0) is 36.1 Å². The number of carbonyl (C=O) groups excluding carboxylic acids is 1. The van der Waals surface area contributed by atoms with Crippen LogP contribution in [0.1, 0.15) is 100 Å². The average Bonchev–Trinajstić information content (AvgIpc) is 3.36. The minimum atomic E-state index is -4.62. The van der Waals surface area contributed by atoms with Gasteiger partial charge in [0, 0.05) is 19.5 Å². The smallest absolute Gasteiger partial charge is 0.406 e. The maximum atomic E-state index is 13.8. The van der Waals surface area contributed by atoms with E-state index in [4.69, 9.17) is 4.74 Å². The van der Waals surface area contributed by atoms with E-state index in [0.717, 1.165) is 55.3 Å². The molecule has 9 nitrogen and oxygen atoms in total. The fourth-order valence-electron chi connectivity index (χ4n) is 6.20. The van der Waals surface area contributed by atoms with Crippen molar-refractivity contribution in [2.75, 3.05) is 37.0 Å². The largest absolute Gasteiger partial charge is 0.493 e. The number of nitrogens with zero attached hydrogens (tertiary/aromatic N) is 3. The summed E-state index contributed by atoms with van der Waals surface area (Å²) in [7, 11) is 0. The van der Waals surface area contributed by atoms with Crippen LogP contribution < -0.4 is 15.5 Å². The van der Waals surface area contributed by atoms with E-state index in [2.05, 4.69) is 22.7 Å². The third kappa shape index (κ3) is 9.79. The van der Waals surface area contributed by atoms with Gasteiger partial charge in [0.1, 0.15) is 12.3 Å². The minimum absolute atomic E-state index is 0.0730. The number of hydrogen-bond donors (Lipinski definition) is 3. The molecule has 0 saturated carbocycles. The summed E-state index contributed by atoms with van der Waals surface area (Å²) in [6.45, 7) is 2.64. The summed E-state index contributed by atoms with van der Waals surface area (Å²) in [4.78, 5) is 30.5. The van der Waals surface area contributed by atoms with Crippen LogP contribution in [0.3, 0.4) is 0 Å². The fraction of sp³-hybridized carbons (Fsp3) is 0.656. The first-order valence-electron chi connectivity index (χ1n) is 16.0. The fourth-order valence-corrected chi connectivity index (χ4v) is 6.20. The number of ether oxygens (including phenoxy) is 1. The zero-order valence-electron chi connectivity index (χ0n) is 25.6. The van der Waals surface area contributed by atoms with E-state index in [1.807, 2.05) is 10.9 Å². The number of fused-ring (bicyclic) bond motifs is 2. The van der Waals surface area contributed by atoms with Crippen molar-refractivity contribution in [3.05, 3.63) is 41.2 Å². The summed E-state index contributed by atoms with van der Waals surface area (Å²) < 4.78 is 49.4. The number of unbranched alkanes of at least 4 members (excludes halogenated alkanes) is 8. The molecule has 2 atom stereocenters. The van der Waals surface area contributed by atoms with Gasteiger partial charge in [0.25, 0.3) is 0 Å². The highest BCUT2D eigenvalue weighted by Gasteiger charge is 2.42. The molecule has 3 N–H and O–H groups in total. The number of carboxylic acid groups (broad SMARTS) is 1. The molecule has 1 amide bonds. The number of anilines is 1. The molecule has 0 saturated heterocycles. The molecule has 4 rings (SSSR count). The molecule has 44 heavy (non-hydrogen) atoms. The Hall–Kier alpha value is -3.44. The van der Waals surface area contributed by atoms with Crippen LogP contribution in [-0.4, -0.2) is 64.0 Å². The number of benzene rings is 1. The van der Waals surface area contributed by atoms with Crippen LogP contribution in [0.4, 0.5) is 19.1 Å². The van der Waals surface area contributed by atoms with Gasteiger partial charge in [-0.25, -0.2) is 9.66 Å². The lowest BCUT2D eigenvalue weighted by Crippen LogP contribution is -2.44. The third-order valence-corrected chi connectivity index (χ3v) is 8.38. The maximum Gasteiger partial charge on any atom is 0.406 e. The predicted octanol–water partition coefficient (Wildman–Crippen LogP) is 6.47. The summed E-state index contributed by atoms with van der Waals surface area (Å²) in [5, 5.41) is 12.7. The number of imidazole rings is 1. The van der Waals surface area contributed by atoms with Crippen molar-refractivity contribution in [3.63, 3.8) is 0 Å². The van der Waals surface area contributed by atoms with Gasteiger partial charge in [0.05, 0.1) is 36.9 Å². The Kier molecular flexibility index (Phi) is 12.2. The van der Waals surface area contributed by atoms with E-state index in [-0.39, 0.29) is 6.42 Å². The Morgan fingerprint density at radius 2 is 1.82 bits per heavy atom. The Labute approximate surface area is 257 Å². The van der Waals surface area contributed by atoms with E-state index < -0.39 is 43.0 Å². The van der Waals surface area contributed by atoms with Crippen LogP contribution in [0.25, 0.3) is 0 Å². The van der Waals surface area contributed by atoms with Crippen LogP contribution in [0.2, 0.25) is 0 Å². The van der Waals surface area contributed by atoms with Crippen molar-refractivity contribution in [2.24, 2.45) is 5.92 Å². The molecule has 0 bridgehead atoms. The standard InChI is InChI=1S/C32H46F3N5O4/c1-2-3-4-5-6-7-8-9-10-11-28-27-20-26(44-17-14-25-21-40-31(38-25)36-15-16-37-40)13-12-23(27)18-24(19-29(41)42)30(43)39(28)22-32(33,34)35/h12-13,20-21,24,28,37H,2-11,14-19,22H2,1H3,(H,36,38)(H,41,42). The van der Waals surface area contributed by atoms with Crippen LogP contribution in [0.5, 0.6) is 5.75 Å². The zero-order valence-corrected chi connectivity index (χ0v) is 25.6. The number of amides is 1. The molecule has 3 heterocycles. The van der Waals surface area contributed by atoms with Gasteiger partial charge >= 0.3 is 12.1 Å². The Balaban J connectivity index is 1.49. The number of halogens is 3. The van der Waals surface area contributed by atoms with E-state index in [9.17, 15) is 27.9 Å². The first kappa shape index (κ1) is 33.5. The molecule has 2 aromatic rings. The quantitative estimate of drug-likeness (QED) is 0.174. The Morgan fingerprint density at radius 3 is 2.50 bits per heavy atom. The van der Waals surface area contributed by atoms with E-state index >= 15 is 0 Å². The molecule has 244 valence electrons. The molecule has 0 fully saturated rings. The predicted molar refractivity (Wildman–Crippen MR) is 162 cm³/mol. The lowest BCUT2D eigenvalue weighted by molar-refractivity contribution is -0.169. The van der Waals surface area contributed by atoms with Gasteiger partial charge in [-0.2, -0.15) is 13.2 Å². The van der Waals surface area contributed by atoms with E-state index in [1.165, 1.54) is 25.7 Å². The summed E-state index contributed by atoms with van der Waals surface area (Å²) in [5.41, 5.74) is 5.35. The number of alkyl halides is 3. The van der Waals surface area contributed by atoms with Gasteiger partial charge in [-0.15, -0.1) is 0 Å². The molecule has 2 aliphatic rings. The SMILES string of the molecule is CCCCCCCCCCCC1c2cc(OCCc3cn4c(n3)NCCN4)ccc2CC(CC(=O)O)C(=O)N1CC(F)(F)F. The number of aromatic nitrogens is 2. The lowest BCUT2D eigenvalue weighted by Gasteiger charge is -2.33. The second-order valence-electron chi connectivity index (χ2n) is 11.9. The van der Waals surface area contributed by atoms with Crippen molar-refractivity contribution < 1.29 is 32.6 Å². The van der Waals surface area contributed by atoms with Crippen LogP contribution in [-0.2, 0) is 22.4 Å². The molecule has 0 radical (unpaired) electrons. The van der Waals surface area contributed by atoms with Crippen molar-refractivity contribution in [1.29, 1.82) is 0 Å². The summed E-state index contributed by atoms with van der Waals surface area (Å²) in [6, 6.07) is 4.45. The number of nitrogens with one attached hydrogen (secondary N) is 2. The number of aliphatic carboxylic acids is 1. The number of hydrogen-bond acceptors (Lipinski definition) is 6. The van der Waals surface area contributed by atoms with Crippen LogP contribution in [0.15, 0.2) is 24.4 Å². The molecule has 2 unspecified atom stereocenters. The number of rotatable bonds is 17. The second kappa shape index (κ2) is 16.0. The molecular weight excluding hydrogens is 575 g/mol. The summed E-state index contributed by atoms with van der Waals surface area (Å²) >= 11 is 0. The van der Waals surface area contributed by atoms with Gasteiger partial charge in [-0.3, -0.25) is 9.59 Å². The van der Waals surface area contributed by atoms with Crippen molar-refractivity contribution in [1.82, 2.24) is 14.6 Å². The first-order valence-corrected chi connectivity index (χ1v) is 16.0. The van der Waals surface area contributed by atoms with Gasteiger partial charge in [0.2, 0.25) is 11.9 Å². The molecule has 12 heteroatoms. The first-order chi connectivity index (χ1) is 21.1. The number of carbonyl (C=O) groups is 2. The van der Waals surface area contributed by atoms with Crippen LogP contribution in [0, 0.1) is 5.92 Å². The molecule has 1 aromatic carbocycles. The normalized spacial score (nSPS) is 18.2.